The van der Waals surface area contributed by atoms with Crippen LogP contribution in [-0.2, 0) is 5.75 Å². The molecule has 1 rings (SSSR count). The van der Waals surface area contributed by atoms with Gasteiger partial charge in [-0.15, -0.1) is 0 Å². The summed E-state index contributed by atoms with van der Waals surface area (Å²) in [5.74, 6) is 7.94. The number of benzene rings is 1. The number of nitrogens with two attached hydrogens (primary N) is 1. The standard InChI is InChI=1S/C14H18FNS/c1-11(2)9-17-10-13-6-12(4-3-5-16)7-14(15)8-13/h6-8,11H,5,9-10,16H2,1-2H3. The van der Waals surface area contributed by atoms with Gasteiger partial charge in [-0.05, 0) is 35.4 Å². The highest BCUT2D eigenvalue weighted by molar-refractivity contribution is 7.98. The third kappa shape index (κ3) is 5.76. The first-order valence-electron chi connectivity index (χ1n) is 5.68. The van der Waals surface area contributed by atoms with Crippen LogP contribution in [-0.4, -0.2) is 12.3 Å². The predicted octanol–water partition coefficient (Wildman–Crippen LogP) is 3.03. The second-order valence-electron chi connectivity index (χ2n) is 4.26. The fourth-order valence-electron chi connectivity index (χ4n) is 1.37. The molecular weight excluding hydrogens is 233 g/mol. The van der Waals surface area contributed by atoms with Gasteiger partial charge in [0.05, 0.1) is 6.54 Å². The van der Waals surface area contributed by atoms with E-state index in [1.807, 2.05) is 17.8 Å². The number of rotatable bonds is 4. The van der Waals surface area contributed by atoms with Gasteiger partial charge in [0.2, 0.25) is 0 Å². The Balaban J connectivity index is 2.68. The van der Waals surface area contributed by atoms with Gasteiger partial charge in [-0.25, -0.2) is 4.39 Å². The van der Waals surface area contributed by atoms with Crippen LogP contribution in [0.5, 0.6) is 0 Å². The number of halogens is 1. The third-order valence-corrected chi connectivity index (χ3v) is 3.45. The molecule has 0 fully saturated rings. The van der Waals surface area contributed by atoms with Crippen LogP contribution < -0.4 is 5.73 Å². The Bertz CT molecular complexity index is 418. The van der Waals surface area contributed by atoms with Gasteiger partial charge < -0.3 is 5.73 Å². The van der Waals surface area contributed by atoms with Crippen molar-refractivity contribution in [1.29, 1.82) is 0 Å². The number of thioether (sulfide) groups is 1. The molecular formula is C14H18FNS. The molecule has 0 aliphatic heterocycles. The molecule has 92 valence electrons. The first kappa shape index (κ1) is 14.1. The van der Waals surface area contributed by atoms with E-state index in [1.165, 1.54) is 6.07 Å². The van der Waals surface area contributed by atoms with E-state index in [9.17, 15) is 4.39 Å². The summed E-state index contributed by atoms with van der Waals surface area (Å²) in [5.41, 5.74) is 6.98. The summed E-state index contributed by atoms with van der Waals surface area (Å²) in [6.45, 7) is 4.65. The van der Waals surface area contributed by atoms with Crippen molar-refractivity contribution in [1.82, 2.24) is 0 Å². The minimum Gasteiger partial charge on any atom is -0.320 e. The summed E-state index contributed by atoms with van der Waals surface area (Å²) in [7, 11) is 0. The molecule has 0 saturated heterocycles. The topological polar surface area (TPSA) is 26.0 Å². The van der Waals surface area contributed by atoms with E-state index in [0.717, 1.165) is 17.1 Å². The molecule has 0 spiro atoms. The zero-order valence-electron chi connectivity index (χ0n) is 10.3. The summed E-state index contributed by atoms with van der Waals surface area (Å²) < 4.78 is 13.3. The lowest BCUT2D eigenvalue weighted by atomic mass is 10.1. The minimum absolute atomic E-state index is 0.228. The highest BCUT2D eigenvalue weighted by Crippen LogP contribution is 2.17. The summed E-state index contributed by atoms with van der Waals surface area (Å²) in [6.07, 6.45) is 0. The molecule has 0 aromatic heterocycles. The van der Waals surface area contributed by atoms with Gasteiger partial charge in [-0.1, -0.05) is 25.7 Å². The maximum absolute atomic E-state index is 13.3. The molecule has 0 aliphatic carbocycles. The Kier molecular flexibility index (Phi) is 6.10. The van der Waals surface area contributed by atoms with Crippen molar-refractivity contribution in [3.05, 3.63) is 35.1 Å². The number of hydrogen-bond acceptors (Lipinski definition) is 2. The van der Waals surface area contributed by atoms with Crippen molar-refractivity contribution in [2.45, 2.75) is 19.6 Å². The van der Waals surface area contributed by atoms with E-state index >= 15 is 0 Å². The normalized spacial score (nSPS) is 10.2. The Labute approximate surface area is 107 Å². The number of hydrogen-bond donors (Lipinski definition) is 1. The maximum atomic E-state index is 13.3. The van der Waals surface area contributed by atoms with Crippen LogP contribution in [0.15, 0.2) is 18.2 Å². The lowest BCUT2D eigenvalue weighted by Crippen LogP contribution is -1.94. The van der Waals surface area contributed by atoms with Crippen molar-refractivity contribution in [2.24, 2.45) is 11.7 Å². The molecule has 0 aliphatic rings. The molecule has 3 heteroatoms. The van der Waals surface area contributed by atoms with E-state index in [2.05, 4.69) is 25.7 Å². The van der Waals surface area contributed by atoms with Gasteiger partial charge in [0, 0.05) is 11.3 Å². The molecule has 0 unspecified atom stereocenters. The van der Waals surface area contributed by atoms with E-state index < -0.39 is 0 Å². The molecule has 2 N–H and O–H groups in total. The molecule has 0 heterocycles. The minimum atomic E-state index is -0.228. The predicted molar refractivity (Wildman–Crippen MR) is 73.3 cm³/mol. The molecule has 0 saturated carbocycles. The van der Waals surface area contributed by atoms with E-state index in [4.69, 9.17) is 5.73 Å². The quantitative estimate of drug-likeness (QED) is 0.832. The maximum Gasteiger partial charge on any atom is 0.124 e. The fraction of sp³-hybridized carbons (Fsp3) is 0.429. The van der Waals surface area contributed by atoms with Crippen LogP contribution >= 0.6 is 11.8 Å². The third-order valence-electron chi connectivity index (χ3n) is 2.01. The van der Waals surface area contributed by atoms with Crippen molar-refractivity contribution in [3.8, 4) is 11.8 Å². The Morgan fingerprint density at radius 2 is 2.12 bits per heavy atom. The highest BCUT2D eigenvalue weighted by atomic mass is 32.2. The lowest BCUT2D eigenvalue weighted by Gasteiger charge is -2.05. The Morgan fingerprint density at radius 3 is 2.76 bits per heavy atom. The Hall–Kier alpha value is -0.980. The van der Waals surface area contributed by atoms with Crippen molar-refractivity contribution in [2.75, 3.05) is 12.3 Å². The molecule has 0 radical (unpaired) electrons. The van der Waals surface area contributed by atoms with Crippen LogP contribution in [0.3, 0.4) is 0 Å². The smallest absolute Gasteiger partial charge is 0.124 e. The van der Waals surface area contributed by atoms with Gasteiger partial charge >= 0.3 is 0 Å². The van der Waals surface area contributed by atoms with Gasteiger partial charge in [-0.2, -0.15) is 11.8 Å². The zero-order chi connectivity index (χ0) is 12.7. The average molecular weight is 251 g/mol. The zero-order valence-corrected chi connectivity index (χ0v) is 11.1. The van der Waals surface area contributed by atoms with Crippen molar-refractivity contribution in [3.63, 3.8) is 0 Å². The molecule has 17 heavy (non-hydrogen) atoms. The molecule has 1 nitrogen and oxygen atoms in total. The summed E-state index contributed by atoms with van der Waals surface area (Å²) in [4.78, 5) is 0. The summed E-state index contributed by atoms with van der Waals surface area (Å²) >= 11 is 1.82. The fourth-order valence-corrected chi connectivity index (χ4v) is 2.36. The molecule has 0 amide bonds. The molecule has 1 aromatic carbocycles. The van der Waals surface area contributed by atoms with Crippen molar-refractivity contribution < 1.29 is 4.39 Å². The second kappa shape index (κ2) is 7.37. The Morgan fingerprint density at radius 1 is 1.35 bits per heavy atom. The second-order valence-corrected chi connectivity index (χ2v) is 5.29. The first-order chi connectivity index (χ1) is 8.11. The molecule has 0 bridgehead atoms. The van der Waals surface area contributed by atoms with Crippen LogP contribution in [0.4, 0.5) is 4.39 Å². The monoisotopic (exact) mass is 251 g/mol. The van der Waals surface area contributed by atoms with E-state index in [1.54, 1.807) is 6.07 Å². The first-order valence-corrected chi connectivity index (χ1v) is 6.83. The highest BCUT2D eigenvalue weighted by Gasteiger charge is 2.01. The summed E-state index contributed by atoms with van der Waals surface area (Å²) in [5, 5.41) is 0. The SMILES string of the molecule is CC(C)CSCc1cc(F)cc(C#CCN)c1. The van der Waals surface area contributed by atoms with E-state index in [0.29, 0.717) is 18.0 Å². The summed E-state index contributed by atoms with van der Waals surface area (Å²) in [6, 6.07) is 4.94. The van der Waals surface area contributed by atoms with Gasteiger partial charge in [0.25, 0.3) is 0 Å². The van der Waals surface area contributed by atoms with Crippen LogP contribution in [0, 0.1) is 23.6 Å². The largest absolute Gasteiger partial charge is 0.320 e. The van der Waals surface area contributed by atoms with Crippen LogP contribution in [0.25, 0.3) is 0 Å². The van der Waals surface area contributed by atoms with Gasteiger partial charge in [-0.3, -0.25) is 0 Å². The molecule has 0 atom stereocenters. The van der Waals surface area contributed by atoms with Crippen LogP contribution in [0.1, 0.15) is 25.0 Å². The van der Waals surface area contributed by atoms with E-state index in [-0.39, 0.29) is 5.82 Å². The van der Waals surface area contributed by atoms with Crippen LogP contribution in [0.2, 0.25) is 0 Å². The van der Waals surface area contributed by atoms with Crippen molar-refractivity contribution >= 4 is 11.8 Å². The molecule has 1 aromatic rings. The van der Waals surface area contributed by atoms with Gasteiger partial charge in [0.1, 0.15) is 5.82 Å². The lowest BCUT2D eigenvalue weighted by molar-refractivity contribution is 0.626. The van der Waals surface area contributed by atoms with Gasteiger partial charge in [0.15, 0.2) is 0 Å². The average Bonchev–Trinajstić information content (AvgIpc) is 2.25.